The molecule has 6 rings (SSSR count). The van der Waals surface area contributed by atoms with E-state index < -0.39 is 0 Å². The quantitative estimate of drug-likeness (QED) is 0.636. The van der Waals surface area contributed by atoms with Crippen molar-refractivity contribution in [2.24, 2.45) is 5.92 Å². The lowest BCUT2D eigenvalue weighted by Gasteiger charge is -2.39. The van der Waals surface area contributed by atoms with Crippen LogP contribution < -0.4 is 5.32 Å². The van der Waals surface area contributed by atoms with Crippen molar-refractivity contribution in [1.29, 1.82) is 0 Å². The number of rotatable bonds is 3. The van der Waals surface area contributed by atoms with Gasteiger partial charge in [0.05, 0.1) is 5.56 Å². The van der Waals surface area contributed by atoms with Crippen LogP contribution in [-0.2, 0) is 6.54 Å². The normalized spacial score (nSPS) is 22.2. The lowest BCUT2D eigenvalue weighted by Crippen LogP contribution is -2.48. The summed E-state index contributed by atoms with van der Waals surface area (Å²) in [5.41, 5.74) is 2.93. The number of aromatic nitrogens is 4. The minimum absolute atomic E-state index is 0.0119. The van der Waals surface area contributed by atoms with Gasteiger partial charge < -0.3 is 15.1 Å². The fraction of sp³-hybridized carbons (Fsp3) is 0.417. The largest absolute Gasteiger partial charge is 0.348 e. The van der Waals surface area contributed by atoms with E-state index in [4.69, 9.17) is 0 Å². The molecule has 1 N–H and O–H groups in total. The summed E-state index contributed by atoms with van der Waals surface area (Å²) in [6.45, 7) is 2.33. The van der Waals surface area contributed by atoms with Gasteiger partial charge in [0.1, 0.15) is 0 Å². The van der Waals surface area contributed by atoms with Crippen molar-refractivity contribution in [2.75, 3.05) is 19.6 Å². The highest BCUT2D eigenvalue weighted by Crippen LogP contribution is 2.33. The molecule has 10 nitrogen and oxygen atoms in total. The average Bonchev–Trinajstić information content (AvgIpc) is 3.63. The van der Waals surface area contributed by atoms with Gasteiger partial charge in [-0.1, -0.05) is 6.07 Å². The van der Waals surface area contributed by atoms with Crippen molar-refractivity contribution < 1.29 is 14.4 Å². The average molecular weight is 460 g/mol. The Kier molecular flexibility index (Phi) is 5.00. The highest BCUT2D eigenvalue weighted by Gasteiger charge is 2.39. The van der Waals surface area contributed by atoms with Gasteiger partial charge in [-0.3, -0.25) is 14.4 Å². The summed E-state index contributed by atoms with van der Waals surface area (Å²) in [5, 5.41) is 14.4. The van der Waals surface area contributed by atoms with Gasteiger partial charge in [0.2, 0.25) is 0 Å². The van der Waals surface area contributed by atoms with Gasteiger partial charge in [-0.2, -0.15) is 4.52 Å². The summed E-state index contributed by atoms with van der Waals surface area (Å²) < 4.78 is 1.50. The molecule has 3 aliphatic rings. The van der Waals surface area contributed by atoms with Gasteiger partial charge in [-0.05, 0) is 71.9 Å². The van der Waals surface area contributed by atoms with E-state index in [0.29, 0.717) is 48.5 Å². The fourth-order valence-corrected chi connectivity index (χ4v) is 5.70. The lowest BCUT2D eigenvalue weighted by molar-refractivity contribution is 0.0514. The number of nitrogens with zero attached hydrogens (tertiary/aromatic N) is 6. The summed E-state index contributed by atoms with van der Waals surface area (Å²) in [7, 11) is 0. The number of pyridine rings is 1. The Morgan fingerprint density at radius 3 is 2.79 bits per heavy atom. The Hall–Kier alpha value is -3.82. The third-order valence-corrected chi connectivity index (χ3v) is 7.40. The van der Waals surface area contributed by atoms with E-state index in [1.165, 1.54) is 4.52 Å². The summed E-state index contributed by atoms with van der Waals surface area (Å²) >= 11 is 0. The van der Waals surface area contributed by atoms with E-state index in [1.54, 1.807) is 30.5 Å². The third-order valence-electron chi connectivity index (χ3n) is 7.40. The molecule has 0 bridgehead atoms. The van der Waals surface area contributed by atoms with Gasteiger partial charge in [0.25, 0.3) is 17.7 Å². The second kappa shape index (κ2) is 8.19. The molecule has 2 aromatic heterocycles. The molecule has 10 heteroatoms. The number of amides is 3. The number of piperidine rings is 1. The fourth-order valence-electron chi connectivity index (χ4n) is 5.70. The molecule has 2 unspecified atom stereocenters. The molecule has 0 spiro atoms. The molecule has 0 aliphatic carbocycles. The van der Waals surface area contributed by atoms with E-state index in [2.05, 4.69) is 20.8 Å². The molecule has 174 valence electrons. The van der Waals surface area contributed by atoms with Gasteiger partial charge >= 0.3 is 0 Å². The summed E-state index contributed by atoms with van der Waals surface area (Å²) in [6, 6.07) is 8.97. The van der Waals surface area contributed by atoms with Crippen LogP contribution in [0.15, 0.2) is 36.5 Å². The highest BCUT2D eigenvalue weighted by atomic mass is 16.2. The zero-order chi connectivity index (χ0) is 23.2. The number of hydrogen-bond donors (Lipinski definition) is 1. The molecule has 0 radical (unpaired) electrons. The van der Waals surface area contributed by atoms with Crippen molar-refractivity contribution in [1.82, 2.24) is 35.2 Å². The summed E-state index contributed by atoms with van der Waals surface area (Å²) in [5.74, 6) is -0.00712. The lowest BCUT2D eigenvalue weighted by atomic mass is 9.88. The zero-order valence-electron chi connectivity index (χ0n) is 18.7. The van der Waals surface area contributed by atoms with Crippen molar-refractivity contribution in [3.8, 4) is 0 Å². The molecule has 2 fully saturated rings. The molecule has 34 heavy (non-hydrogen) atoms. The van der Waals surface area contributed by atoms with Crippen LogP contribution in [0.5, 0.6) is 0 Å². The third kappa shape index (κ3) is 3.32. The maximum absolute atomic E-state index is 13.7. The smallest absolute Gasteiger partial charge is 0.257 e. The number of benzene rings is 1. The number of hydrogen-bond acceptors (Lipinski definition) is 6. The number of carbonyl (C=O) groups excluding carboxylic acids is 3. The number of likely N-dealkylation sites (tertiary alicyclic amines) is 2. The first-order chi connectivity index (χ1) is 16.6. The minimum atomic E-state index is -0.123. The molecule has 5 heterocycles. The molecule has 0 saturated carbocycles. The van der Waals surface area contributed by atoms with Crippen molar-refractivity contribution in [2.45, 2.75) is 38.3 Å². The number of tetrazole rings is 1. The van der Waals surface area contributed by atoms with Crippen LogP contribution in [0, 0.1) is 5.92 Å². The van der Waals surface area contributed by atoms with Crippen molar-refractivity contribution in [3.05, 3.63) is 58.8 Å². The standard InChI is InChI=1S/C24H25N7O3/c32-22-16-5-3-6-17(19(16)13-25-22)24(34)30-10-2-1-8-20(30)15-9-12-29(14-15)23(33)18-7-4-11-31-21(18)26-27-28-31/h3-7,11,15,20H,1-2,8-10,12-14H2,(H,25,32). The van der Waals surface area contributed by atoms with Gasteiger partial charge in [0, 0.05) is 49.5 Å². The van der Waals surface area contributed by atoms with Crippen molar-refractivity contribution in [3.63, 3.8) is 0 Å². The second-order valence-corrected chi connectivity index (χ2v) is 9.24. The highest BCUT2D eigenvalue weighted by molar-refractivity contribution is 6.04. The maximum atomic E-state index is 13.7. The van der Waals surface area contributed by atoms with Crippen LogP contribution in [-0.4, -0.2) is 73.2 Å². The molecular weight excluding hydrogens is 434 g/mol. The van der Waals surface area contributed by atoms with Gasteiger partial charge in [-0.15, -0.1) is 5.10 Å². The van der Waals surface area contributed by atoms with E-state index in [1.807, 2.05) is 15.9 Å². The van der Waals surface area contributed by atoms with Crippen LogP contribution in [0.25, 0.3) is 5.65 Å². The number of carbonyl (C=O) groups is 3. The van der Waals surface area contributed by atoms with Crippen molar-refractivity contribution >= 4 is 23.4 Å². The molecule has 2 saturated heterocycles. The number of fused-ring (bicyclic) bond motifs is 2. The Labute approximate surface area is 195 Å². The molecule has 3 aliphatic heterocycles. The van der Waals surface area contributed by atoms with Gasteiger partial charge in [-0.25, -0.2) is 0 Å². The van der Waals surface area contributed by atoms with E-state index in [0.717, 1.165) is 31.2 Å². The SMILES string of the molecule is O=C1NCc2c1cccc2C(=O)N1CCCCC1C1CCN(C(=O)c2cccn3nnnc23)C1. The Morgan fingerprint density at radius 2 is 1.88 bits per heavy atom. The van der Waals surface area contributed by atoms with E-state index in [-0.39, 0.29) is 29.7 Å². The van der Waals surface area contributed by atoms with Gasteiger partial charge in [0.15, 0.2) is 5.65 Å². The predicted molar refractivity (Wildman–Crippen MR) is 121 cm³/mol. The molecular formula is C24H25N7O3. The zero-order valence-corrected chi connectivity index (χ0v) is 18.7. The topological polar surface area (TPSA) is 113 Å². The Bertz CT molecular complexity index is 1300. The monoisotopic (exact) mass is 459 g/mol. The summed E-state index contributed by atoms with van der Waals surface area (Å²) in [6.07, 6.45) is 5.52. The minimum Gasteiger partial charge on any atom is -0.348 e. The molecule has 3 aromatic rings. The van der Waals surface area contributed by atoms with Crippen LogP contribution in [0.4, 0.5) is 0 Å². The summed E-state index contributed by atoms with van der Waals surface area (Å²) in [4.78, 5) is 42.9. The first-order valence-corrected chi connectivity index (χ1v) is 11.8. The van der Waals surface area contributed by atoms with Crippen LogP contribution in [0.2, 0.25) is 0 Å². The second-order valence-electron chi connectivity index (χ2n) is 9.24. The first kappa shape index (κ1) is 20.8. The molecule has 1 aromatic carbocycles. The maximum Gasteiger partial charge on any atom is 0.257 e. The van der Waals surface area contributed by atoms with Crippen LogP contribution in [0.3, 0.4) is 0 Å². The molecule has 3 amide bonds. The number of nitrogens with one attached hydrogen (secondary N) is 1. The molecule has 2 atom stereocenters. The Morgan fingerprint density at radius 1 is 1.00 bits per heavy atom. The Balaban J connectivity index is 1.22. The van der Waals surface area contributed by atoms with E-state index >= 15 is 0 Å². The first-order valence-electron chi connectivity index (χ1n) is 11.8. The van der Waals surface area contributed by atoms with Crippen LogP contribution in [0.1, 0.15) is 62.3 Å². The predicted octanol–water partition coefficient (Wildman–Crippen LogP) is 1.52. The van der Waals surface area contributed by atoms with Crippen LogP contribution >= 0.6 is 0 Å². The van der Waals surface area contributed by atoms with E-state index in [9.17, 15) is 14.4 Å².